The van der Waals surface area contributed by atoms with Crippen molar-refractivity contribution in [2.24, 2.45) is 0 Å². The van der Waals surface area contributed by atoms with Crippen LogP contribution in [-0.2, 0) is 10.3 Å². The van der Waals surface area contributed by atoms with Crippen LogP contribution in [0.4, 0.5) is 24.7 Å². The average Bonchev–Trinajstić information content (AvgIpc) is 3.58. The zero-order valence-electron chi connectivity index (χ0n) is 22.8. The zero-order valence-corrected chi connectivity index (χ0v) is 22.8. The van der Waals surface area contributed by atoms with Gasteiger partial charge in [-0.3, -0.25) is 4.79 Å². The Kier molecular flexibility index (Phi) is 6.07. The number of benzene rings is 1. The Morgan fingerprint density at radius 2 is 1.88 bits per heavy atom. The lowest BCUT2D eigenvalue weighted by atomic mass is 9.77. The van der Waals surface area contributed by atoms with Crippen molar-refractivity contribution < 1.29 is 22.7 Å². The van der Waals surface area contributed by atoms with Crippen molar-refractivity contribution in [1.82, 2.24) is 24.4 Å². The van der Waals surface area contributed by atoms with Crippen LogP contribution in [0.15, 0.2) is 30.5 Å². The third-order valence-corrected chi connectivity index (χ3v) is 8.37. The number of carbonyl (C=O) groups is 1. The van der Waals surface area contributed by atoms with Crippen molar-refractivity contribution in [3.8, 4) is 11.1 Å². The summed E-state index contributed by atoms with van der Waals surface area (Å²) in [4.78, 5) is 20.0. The van der Waals surface area contributed by atoms with Crippen LogP contribution in [0, 0.1) is 18.7 Å². The second kappa shape index (κ2) is 9.57. The lowest BCUT2D eigenvalue weighted by Gasteiger charge is -2.41. The number of ether oxygens (including phenoxy) is 1. The van der Waals surface area contributed by atoms with Crippen LogP contribution >= 0.6 is 0 Å². The second-order valence-electron chi connectivity index (χ2n) is 11.6. The summed E-state index contributed by atoms with van der Waals surface area (Å²) in [5.74, 6) is -0.293. The molecule has 0 bridgehead atoms. The molecule has 4 heterocycles. The van der Waals surface area contributed by atoms with E-state index in [9.17, 15) is 9.18 Å². The molecule has 41 heavy (non-hydrogen) atoms. The summed E-state index contributed by atoms with van der Waals surface area (Å²) < 4.78 is 52.2. The number of nitrogens with zero attached hydrogens (tertiary/aromatic N) is 6. The molecule has 3 aliphatic rings. The van der Waals surface area contributed by atoms with Gasteiger partial charge in [0.15, 0.2) is 11.5 Å². The van der Waals surface area contributed by atoms with E-state index in [0.717, 1.165) is 40.9 Å². The molecule has 1 N–H and O–H groups in total. The predicted octanol–water partition coefficient (Wildman–Crippen LogP) is 4.99. The van der Waals surface area contributed by atoms with E-state index in [2.05, 4.69) is 15.3 Å². The number of fused-ring (bicyclic) bond motifs is 1. The molecule has 1 amide bonds. The standard InChI is InChI=1S/C29H30F3N7O2/c1-16-9-22(31)23(34-28(40)21-15-33-39(26(21)32)29(2)13-19(30)14-29)12-20(16)18-10-24-35-27(17-3-4-17)36-38(24)25(11-18)37-5-7-41-8-6-37/h9-12,15,17,19H,3-8,13-14H2,1-2H3,(H,34,40). The number of rotatable bonds is 6. The SMILES string of the molecule is Cc1cc(F)c(NC(=O)c2cnn(C3(C)CC(F)C3)c2F)cc1-c1cc(N2CCOCC2)n2nc(C3CC3)nc2c1. The van der Waals surface area contributed by atoms with Crippen molar-refractivity contribution in [2.75, 3.05) is 36.5 Å². The average molecular weight is 566 g/mol. The Bertz CT molecular complexity index is 1670. The van der Waals surface area contributed by atoms with Gasteiger partial charge in [-0.15, -0.1) is 5.10 Å². The number of alkyl halides is 1. The lowest BCUT2D eigenvalue weighted by Crippen LogP contribution is -2.46. The molecule has 1 aromatic carbocycles. The Labute approximate surface area is 234 Å². The molecule has 0 radical (unpaired) electrons. The maximum absolute atomic E-state index is 15.2. The largest absolute Gasteiger partial charge is 0.378 e. The third kappa shape index (κ3) is 4.54. The summed E-state index contributed by atoms with van der Waals surface area (Å²) in [6.45, 7) is 6.09. The summed E-state index contributed by atoms with van der Waals surface area (Å²) >= 11 is 0. The van der Waals surface area contributed by atoms with Gasteiger partial charge in [0.2, 0.25) is 5.95 Å². The van der Waals surface area contributed by atoms with Gasteiger partial charge in [-0.05, 0) is 67.6 Å². The van der Waals surface area contributed by atoms with Gasteiger partial charge in [0.1, 0.15) is 23.4 Å². The molecule has 7 rings (SSSR count). The van der Waals surface area contributed by atoms with Gasteiger partial charge in [-0.25, -0.2) is 18.4 Å². The Balaban J connectivity index is 1.24. The number of hydrogen-bond donors (Lipinski definition) is 1. The molecule has 2 aliphatic carbocycles. The van der Waals surface area contributed by atoms with E-state index < -0.39 is 29.4 Å². The van der Waals surface area contributed by atoms with Crippen molar-refractivity contribution in [1.29, 1.82) is 0 Å². The minimum Gasteiger partial charge on any atom is -0.378 e. The number of hydrogen-bond acceptors (Lipinski definition) is 6. The predicted molar refractivity (Wildman–Crippen MR) is 146 cm³/mol. The molecule has 9 nitrogen and oxygen atoms in total. The quantitative estimate of drug-likeness (QED) is 0.354. The van der Waals surface area contributed by atoms with Crippen molar-refractivity contribution in [3.05, 3.63) is 59.2 Å². The van der Waals surface area contributed by atoms with Gasteiger partial charge in [-0.2, -0.15) is 14.0 Å². The molecule has 2 saturated carbocycles. The highest BCUT2D eigenvalue weighted by molar-refractivity contribution is 6.04. The van der Waals surface area contributed by atoms with E-state index in [0.29, 0.717) is 49.0 Å². The fourth-order valence-electron chi connectivity index (χ4n) is 5.87. The van der Waals surface area contributed by atoms with Crippen LogP contribution in [0.1, 0.15) is 60.3 Å². The van der Waals surface area contributed by atoms with Crippen LogP contribution in [0.3, 0.4) is 0 Å². The Hall–Kier alpha value is -3.93. The minimum atomic E-state index is -1.03. The summed E-state index contributed by atoms with van der Waals surface area (Å²) in [6, 6.07) is 6.81. The fourth-order valence-corrected chi connectivity index (χ4v) is 5.87. The summed E-state index contributed by atoms with van der Waals surface area (Å²) in [6.07, 6.45) is 2.46. The highest BCUT2D eigenvalue weighted by Crippen LogP contribution is 2.42. The highest BCUT2D eigenvalue weighted by atomic mass is 19.1. The van der Waals surface area contributed by atoms with Gasteiger partial charge in [-0.1, -0.05) is 0 Å². The molecule has 0 unspecified atom stereocenters. The van der Waals surface area contributed by atoms with Crippen molar-refractivity contribution in [2.45, 2.75) is 57.2 Å². The molecule has 1 aliphatic heterocycles. The van der Waals surface area contributed by atoms with E-state index in [4.69, 9.17) is 14.8 Å². The number of aromatic nitrogens is 5. The topological polar surface area (TPSA) is 89.6 Å². The zero-order chi connectivity index (χ0) is 28.5. The Morgan fingerprint density at radius 3 is 2.59 bits per heavy atom. The van der Waals surface area contributed by atoms with E-state index in [1.165, 1.54) is 6.07 Å². The van der Waals surface area contributed by atoms with Gasteiger partial charge >= 0.3 is 0 Å². The maximum Gasteiger partial charge on any atom is 0.262 e. The number of aryl methyl sites for hydroxylation is 1. The first-order chi connectivity index (χ1) is 19.7. The second-order valence-corrected chi connectivity index (χ2v) is 11.6. The number of pyridine rings is 1. The van der Waals surface area contributed by atoms with Gasteiger partial charge in [0.05, 0.1) is 30.6 Å². The maximum atomic E-state index is 15.2. The number of nitrogens with one attached hydrogen (secondary N) is 1. The van der Waals surface area contributed by atoms with Gasteiger partial charge in [0, 0.05) is 31.8 Å². The molecule has 0 atom stereocenters. The number of halogens is 3. The number of amides is 1. The van der Waals surface area contributed by atoms with Gasteiger partial charge < -0.3 is 15.0 Å². The molecule has 12 heteroatoms. The highest BCUT2D eigenvalue weighted by Gasteiger charge is 2.45. The Morgan fingerprint density at radius 1 is 1.12 bits per heavy atom. The van der Waals surface area contributed by atoms with Crippen LogP contribution in [0.25, 0.3) is 16.8 Å². The molecule has 1 saturated heterocycles. The van der Waals surface area contributed by atoms with Crippen molar-refractivity contribution >= 4 is 23.1 Å². The smallest absolute Gasteiger partial charge is 0.262 e. The third-order valence-electron chi connectivity index (χ3n) is 8.37. The number of anilines is 2. The van der Waals surface area contributed by atoms with E-state index in [-0.39, 0.29) is 24.1 Å². The summed E-state index contributed by atoms with van der Waals surface area (Å²) in [7, 11) is 0. The lowest BCUT2D eigenvalue weighted by molar-refractivity contribution is 0.0317. The number of morpholine rings is 1. The first-order valence-electron chi connectivity index (χ1n) is 13.9. The molecule has 3 aromatic heterocycles. The molecule has 4 aromatic rings. The summed E-state index contributed by atoms with van der Waals surface area (Å²) in [5.41, 5.74) is 1.59. The molecule has 0 spiro atoms. The van der Waals surface area contributed by atoms with E-state index in [1.807, 2.05) is 16.6 Å². The molecular weight excluding hydrogens is 535 g/mol. The van der Waals surface area contributed by atoms with Crippen LogP contribution in [0.5, 0.6) is 0 Å². The van der Waals surface area contributed by atoms with Crippen LogP contribution in [-0.4, -0.2) is 62.8 Å². The van der Waals surface area contributed by atoms with Crippen LogP contribution < -0.4 is 10.2 Å². The van der Waals surface area contributed by atoms with Gasteiger partial charge in [0.25, 0.3) is 5.91 Å². The van der Waals surface area contributed by atoms with Crippen molar-refractivity contribution in [3.63, 3.8) is 0 Å². The van der Waals surface area contributed by atoms with E-state index in [1.54, 1.807) is 19.9 Å². The molecular formula is C29H30F3N7O2. The summed E-state index contributed by atoms with van der Waals surface area (Å²) in [5, 5.41) is 11.3. The normalized spacial score (nSPS) is 22.7. The first-order valence-corrected chi connectivity index (χ1v) is 13.9. The van der Waals surface area contributed by atoms with Crippen LogP contribution in [0.2, 0.25) is 0 Å². The fraction of sp³-hybridized carbons (Fsp3) is 0.448. The first kappa shape index (κ1) is 26.0. The number of carbonyl (C=O) groups excluding carboxylic acids is 1. The minimum absolute atomic E-state index is 0.0886. The monoisotopic (exact) mass is 565 g/mol. The molecule has 3 fully saturated rings. The molecule has 214 valence electrons. The van der Waals surface area contributed by atoms with E-state index >= 15 is 8.78 Å².